The van der Waals surface area contributed by atoms with Crippen molar-refractivity contribution >= 4 is 17.3 Å². The predicted octanol–water partition coefficient (Wildman–Crippen LogP) is 2.79. The fourth-order valence-electron chi connectivity index (χ4n) is 3.96. The smallest absolute Gasteiger partial charge is 0.170 e. The van der Waals surface area contributed by atoms with Crippen molar-refractivity contribution in [3.63, 3.8) is 0 Å². The lowest BCUT2D eigenvalue weighted by Crippen LogP contribution is -2.30. The maximum Gasteiger partial charge on any atom is 0.170 e. The maximum absolute atomic E-state index is 5.68. The summed E-state index contributed by atoms with van der Waals surface area (Å²) in [6.07, 6.45) is 6.28. The Morgan fingerprint density at radius 2 is 1.96 bits per heavy atom. The molecule has 1 saturated heterocycles. The zero-order chi connectivity index (χ0) is 19.0. The van der Waals surface area contributed by atoms with E-state index in [0.717, 1.165) is 35.2 Å². The molecule has 2 atom stereocenters. The van der Waals surface area contributed by atoms with Gasteiger partial charge >= 0.3 is 0 Å². The number of nitrogens with one attached hydrogen (secondary N) is 1. The van der Waals surface area contributed by atoms with Gasteiger partial charge in [0.25, 0.3) is 0 Å². The summed E-state index contributed by atoms with van der Waals surface area (Å²) in [5.41, 5.74) is 4.50. The monoisotopic (exact) mass is 381 g/mol. The average molecular weight is 382 g/mol. The Labute approximate surface area is 164 Å². The quantitative estimate of drug-likeness (QED) is 0.686. The van der Waals surface area contributed by atoms with Gasteiger partial charge in [0.1, 0.15) is 12.7 Å². The van der Waals surface area contributed by atoms with Crippen molar-refractivity contribution < 1.29 is 0 Å². The highest BCUT2D eigenvalue weighted by Gasteiger charge is 2.40. The highest BCUT2D eigenvalue weighted by molar-refractivity contribution is 7.80. The van der Waals surface area contributed by atoms with Gasteiger partial charge in [-0.3, -0.25) is 9.66 Å². The van der Waals surface area contributed by atoms with Crippen LogP contribution in [0.3, 0.4) is 0 Å². The number of hydrogen-bond donors (Lipinski definition) is 1. The molecule has 3 aromatic heterocycles. The lowest BCUT2D eigenvalue weighted by Gasteiger charge is -2.27. The van der Waals surface area contributed by atoms with Gasteiger partial charge < -0.3 is 10.2 Å². The number of aryl methyl sites for hydroxylation is 1. The topological polar surface area (TPSA) is 63.8 Å². The van der Waals surface area contributed by atoms with Crippen LogP contribution in [0.5, 0.6) is 0 Å². The van der Waals surface area contributed by atoms with Gasteiger partial charge in [0.15, 0.2) is 5.11 Å². The molecule has 0 bridgehead atoms. The van der Waals surface area contributed by atoms with Crippen molar-refractivity contribution in [2.75, 3.05) is 6.54 Å². The Kier molecular flexibility index (Phi) is 4.65. The average Bonchev–Trinajstić information content (AvgIpc) is 3.36. The Balaban J connectivity index is 1.83. The number of thiocarbonyl (C=S) groups is 1. The van der Waals surface area contributed by atoms with E-state index in [2.05, 4.69) is 63.0 Å². The zero-order valence-corrected chi connectivity index (χ0v) is 16.5. The van der Waals surface area contributed by atoms with Crippen LogP contribution in [-0.2, 0) is 0 Å². The van der Waals surface area contributed by atoms with Gasteiger partial charge in [0, 0.05) is 29.7 Å². The Bertz CT molecular complexity index is 933. The number of pyridine rings is 1. The van der Waals surface area contributed by atoms with Crippen LogP contribution in [0.4, 0.5) is 0 Å². The molecule has 4 heterocycles. The second-order valence-electron chi connectivity index (χ2n) is 6.80. The van der Waals surface area contributed by atoms with Crippen LogP contribution in [0, 0.1) is 13.8 Å². The van der Waals surface area contributed by atoms with Crippen LogP contribution in [-0.4, -0.2) is 41.1 Å². The van der Waals surface area contributed by atoms with Crippen molar-refractivity contribution in [2.45, 2.75) is 39.3 Å². The molecule has 1 fully saturated rings. The molecule has 0 radical (unpaired) electrons. The Morgan fingerprint density at radius 1 is 1.19 bits per heavy atom. The van der Waals surface area contributed by atoms with Gasteiger partial charge in [-0.05, 0) is 50.7 Å². The lowest BCUT2D eigenvalue weighted by atomic mass is 9.96. The van der Waals surface area contributed by atoms with Gasteiger partial charge in [0.05, 0.1) is 17.8 Å². The van der Waals surface area contributed by atoms with E-state index in [1.165, 1.54) is 5.56 Å². The minimum Gasteiger partial charge on any atom is -0.352 e. The largest absolute Gasteiger partial charge is 0.352 e. The Morgan fingerprint density at radius 3 is 2.63 bits per heavy atom. The number of rotatable bonds is 5. The molecule has 0 aromatic carbocycles. The van der Waals surface area contributed by atoms with E-state index in [-0.39, 0.29) is 12.1 Å². The van der Waals surface area contributed by atoms with Crippen LogP contribution in [0.15, 0.2) is 43.1 Å². The first-order valence-corrected chi connectivity index (χ1v) is 9.54. The molecule has 140 valence electrons. The zero-order valence-electron chi connectivity index (χ0n) is 15.7. The summed E-state index contributed by atoms with van der Waals surface area (Å²) in [7, 11) is 0. The summed E-state index contributed by atoms with van der Waals surface area (Å²) in [5.74, 6) is 0. The van der Waals surface area contributed by atoms with E-state index >= 15 is 0 Å². The van der Waals surface area contributed by atoms with Gasteiger partial charge in [-0.15, -0.1) is 10.2 Å². The summed E-state index contributed by atoms with van der Waals surface area (Å²) >= 11 is 5.68. The first-order valence-electron chi connectivity index (χ1n) is 9.14. The molecule has 7 nitrogen and oxygen atoms in total. The van der Waals surface area contributed by atoms with Gasteiger partial charge in [-0.2, -0.15) is 0 Å². The minimum atomic E-state index is 0.0140. The van der Waals surface area contributed by atoms with E-state index in [1.54, 1.807) is 12.7 Å². The van der Waals surface area contributed by atoms with Crippen LogP contribution in [0.2, 0.25) is 0 Å². The third kappa shape index (κ3) is 2.99. The molecule has 1 aliphatic rings. The SMILES string of the molecule is CCCN1C(=S)N[C@@H](c2ccccn2)[C@@H]1c1cc(C)n(-n2cnnc2)c1C. The highest BCUT2D eigenvalue weighted by atomic mass is 32.1. The molecular weight excluding hydrogens is 358 g/mol. The summed E-state index contributed by atoms with van der Waals surface area (Å²) in [4.78, 5) is 6.88. The summed E-state index contributed by atoms with van der Waals surface area (Å²) in [6.45, 7) is 7.30. The van der Waals surface area contributed by atoms with E-state index in [1.807, 2.05) is 23.0 Å². The maximum atomic E-state index is 5.68. The normalized spacial score (nSPS) is 19.5. The molecule has 0 amide bonds. The fraction of sp³-hybridized carbons (Fsp3) is 0.368. The molecule has 4 rings (SSSR count). The second kappa shape index (κ2) is 7.11. The molecule has 0 aliphatic carbocycles. The molecule has 0 spiro atoms. The van der Waals surface area contributed by atoms with Crippen molar-refractivity contribution in [1.82, 2.24) is 34.8 Å². The van der Waals surface area contributed by atoms with Crippen molar-refractivity contribution in [1.29, 1.82) is 0 Å². The number of aromatic nitrogens is 5. The first-order chi connectivity index (χ1) is 13.1. The molecule has 1 aliphatic heterocycles. The molecule has 27 heavy (non-hydrogen) atoms. The number of hydrogen-bond acceptors (Lipinski definition) is 4. The summed E-state index contributed by atoms with van der Waals surface area (Å²) in [6, 6.07) is 8.35. The van der Waals surface area contributed by atoms with Crippen LogP contribution in [0.1, 0.15) is 48.1 Å². The van der Waals surface area contributed by atoms with Crippen LogP contribution >= 0.6 is 12.2 Å². The van der Waals surface area contributed by atoms with Crippen LogP contribution in [0.25, 0.3) is 0 Å². The van der Waals surface area contributed by atoms with Gasteiger partial charge in [-0.25, -0.2) is 4.68 Å². The third-order valence-electron chi connectivity index (χ3n) is 5.05. The van der Waals surface area contributed by atoms with E-state index in [9.17, 15) is 0 Å². The minimum absolute atomic E-state index is 0.0140. The predicted molar refractivity (Wildman–Crippen MR) is 107 cm³/mol. The standard InChI is InChI=1S/C19H23N7S/c1-4-9-25-18(17(23-19(25)27)16-7-5-6-8-20-16)15-10-13(2)26(14(15)3)24-11-21-22-12-24/h5-8,10-12,17-18H,4,9H2,1-3H3,(H,23,27)/t17-,18-/m0/s1. The molecular formula is C19H23N7S. The van der Waals surface area contributed by atoms with Gasteiger partial charge in [0.2, 0.25) is 0 Å². The van der Waals surface area contributed by atoms with Crippen LogP contribution < -0.4 is 5.32 Å². The first kappa shape index (κ1) is 17.7. The van der Waals surface area contributed by atoms with Crippen molar-refractivity contribution in [3.05, 3.63) is 65.8 Å². The molecule has 0 saturated carbocycles. The molecule has 1 N–H and O–H groups in total. The lowest BCUT2D eigenvalue weighted by molar-refractivity contribution is 0.316. The van der Waals surface area contributed by atoms with E-state index in [0.29, 0.717) is 0 Å². The fourth-order valence-corrected chi connectivity index (χ4v) is 4.29. The molecule has 8 heteroatoms. The molecule has 3 aromatic rings. The van der Waals surface area contributed by atoms with Crippen molar-refractivity contribution in [3.8, 4) is 0 Å². The Hall–Kier alpha value is -2.74. The summed E-state index contributed by atoms with van der Waals surface area (Å²) in [5, 5.41) is 12.2. The van der Waals surface area contributed by atoms with Gasteiger partial charge in [-0.1, -0.05) is 13.0 Å². The van der Waals surface area contributed by atoms with Crippen molar-refractivity contribution in [2.24, 2.45) is 0 Å². The summed E-state index contributed by atoms with van der Waals surface area (Å²) < 4.78 is 4.02. The molecule has 0 unspecified atom stereocenters. The van der Waals surface area contributed by atoms with E-state index in [4.69, 9.17) is 12.2 Å². The van der Waals surface area contributed by atoms with E-state index < -0.39 is 0 Å². The second-order valence-corrected chi connectivity index (χ2v) is 7.19. The number of nitrogens with zero attached hydrogens (tertiary/aromatic N) is 6. The highest BCUT2D eigenvalue weighted by Crippen LogP contribution is 2.40. The third-order valence-corrected chi connectivity index (χ3v) is 5.40.